The molecule has 1 amide bonds. The number of aromatic nitrogens is 2. The molecule has 0 N–H and O–H groups in total. The van der Waals surface area contributed by atoms with Gasteiger partial charge in [-0.3, -0.25) is 9.69 Å². The zero-order chi connectivity index (χ0) is 15.0. The molecular weight excluding hydrogens is 268 g/mol. The fraction of sp³-hybridized carbons (Fsp3) is 0.733. The molecule has 21 heavy (non-hydrogen) atoms. The summed E-state index contributed by atoms with van der Waals surface area (Å²) >= 11 is 0. The summed E-state index contributed by atoms with van der Waals surface area (Å²) in [7, 11) is 4.09. The van der Waals surface area contributed by atoms with E-state index in [0.717, 1.165) is 25.3 Å². The van der Waals surface area contributed by atoms with Crippen LogP contribution in [0.4, 0.5) is 0 Å². The van der Waals surface area contributed by atoms with Crippen LogP contribution in [0.15, 0.2) is 12.4 Å². The molecule has 0 radical (unpaired) electrons. The Morgan fingerprint density at radius 2 is 2.19 bits per heavy atom. The van der Waals surface area contributed by atoms with E-state index < -0.39 is 0 Å². The van der Waals surface area contributed by atoms with Crippen LogP contribution in [0.5, 0.6) is 0 Å². The lowest BCUT2D eigenvalue weighted by Gasteiger charge is -2.40. The van der Waals surface area contributed by atoms with Crippen LogP contribution < -0.4 is 0 Å². The third-order valence-corrected chi connectivity index (χ3v) is 4.75. The van der Waals surface area contributed by atoms with E-state index in [9.17, 15) is 4.79 Å². The maximum Gasteiger partial charge on any atom is 0.252 e. The molecule has 3 atom stereocenters. The normalized spacial score (nSPS) is 30.8. The number of rotatable bonds is 2. The minimum atomic E-state index is -0.254. The van der Waals surface area contributed by atoms with Crippen LogP contribution in [-0.2, 0) is 16.6 Å². The van der Waals surface area contributed by atoms with Gasteiger partial charge in [0.05, 0.1) is 6.04 Å². The minimum absolute atomic E-state index is 0.146. The lowest BCUT2D eigenvalue weighted by atomic mass is 10.0. The standard InChI is InChI=1S/C15H24N4O2/c1-11-4-9-21-13(11)15(20)19-8-7-17(2)12(10-19)14-16-5-6-18(14)3/h5-6,11-13H,4,7-10H2,1-3H3/t11-,12+,13+/m1/s1. The molecule has 2 aliphatic rings. The number of piperazine rings is 1. The molecule has 116 valence electrons. The van der Waals surface area contributed by atoms with Gasteiger partial charge in [-0.05, 0) is 19.4 Å². The van der Waals surface area contributed by atoms with Gasteiger partial charge in [0, 0.05) is 45.7 Å². The van der Waals surface area contributed by atoms with Gasteiger partial charge < -0.3 is 14.2 Å². The number of ether oxygens (including phenoxy) is 1. The first-order chi connectivity index (χ1) is 10.1. The van der Waals surface area contributed by atoms with Gasteiger partial charge in [-0.2, -0.15) is 0 Å². The van der Waals surface area contributed by atoms with Crippen LogP contribution in [0.1, 0.15) is 25.2 Å². The number of likely N-dealkylation sites (N-methyl/N-ethyl adjacent to an activating group) is 1. The van der Waals surface area contributed by atoms with E-state index in [2.05, 4.69) is 23.9 Å². The SMILES string of the molecule is C[C@@H]1CCO[C@@H]1C(=O)N1CCN(C)[C@H](c2nccn2C)C1. The molecule has 2 fully saturated rings. The second-order valence-electron chi connectivity index (χ2n) is 6.23. The van der Waals surface area contributed by atoms with Crippen molar-refractivity contribution in [3.63, 3.8) is 0 Å². The molecule has 1 aromatic heterocycles. The summed E-state index contributed by atoms with van der Waals surface area (Å²) < 4.78 is 7.66. The predicted molar refractivity (Wildman–Crippen MR) is 78.7 cm³/mol. The van der Waals surface area contributed by atoms with E-state index >= 15 is 0 Å². The third kappa shape index (κ3) is 2.70. The number of aryl methyl sites for hydroxylation is 1. The van der Waals surface area contributed by atoms with Gasteiger partial charge in [0.15, 0.2) is 0 Å². The topological polar surface area (TPSA) is 50.6 Å². The lowest BCUT2D eigenvalue weighted by molar-refractivity contribution is -0.145. The van der Waals surface area contributed by atoms with Crippen LogP contribution in [0.25, 0.3) is 0 Å². The van der Waals surface area contributed by atoms with Gasteiger partial charge in [0.2, 0.25) is 0 Å². The second kappa shape index (κ2) is 5.77. The van der Waals surface area contributed by atoms with Crippen LogP contribution in [-0.4, -0.2) is 64.7 Å². The van der Waals surface area contributed by atoms with Gasteiger partial charge in [-0.25, -0.2) is 4.98 Å². The van der Waals surface area contributed by atoms with E-state index in [1.165, 1.54) is 0 Å². The highest BCUT2D eigenvalue weighted by molar-refractivity contribution is 5.81. The molecule has 0 aromatic carbocycles. The molecule has 6 nitrogen and oxygen atoms in total. The van der Waals surface area contributed by atoms with E-state index in [1.54, 1.807) is 0 Å². The monoisotopic (exact) mass is 292 g/mol. The van der Waals surface area contributed by atoms with Crippen LogP contribution in [0, 0.1) is 5.92 Å². The Balaban J connectivity index is 1.74. The predicted octanol–water partition coefficient (Wildman–Crippen LogP) is 0.660. The minimum Gasteiger partial charge on any atom is -0.368 e. The fourth-order valence-electron chi connectivity index (χ4n) is 3.24. The van der Waals surface area contributed by atoms with E-state index in [4.69, 9.17) is 4.74 Å². The van der Waals surface area contributed by atoms with Crippen molar-refractivity contribution in [2.24, 2.45) is 13.0 Å². The Morgan fingerprint density at radius 1 is 1.38 bits per heavy atom. The maximum atomic E-state index is 12.7. The summed E-state index contributed by atoms with van der Waals surface area (Å²) in [6, 6.07) is 0.152. The number of hydrogen-bond donors (Lipinski definition) is 0. The number of hydrogen-bond acceptors (Lipinski definition) is 4. The van der Waals surface area contributed by atoms with Crippen molar-refractivity contribution in [1.82, 2.24) is 19.4 Å². The molecule has 1 aromatic rings. The Labute approximate surface area is 125 Å². The summed E-state index contributed by atoms with van der Waals surface area (Å²) in [4.78, 5) is 21.3. The first kappa shape index (κ1) is 14.5. The van der Waals surface area contributed by atoms with E-state index in [1.807, 2.05) is 28.9 Å². The van der Waals surface area contributed by atoms with E-state index in [0.29, 0.717) is 19.1 Å². The Bertz CT molecular complexity index is 516. The molecule has 0 saturated carbocycles. The Kier molecular flexibility index (Phi) is 3.99. The first-order valence-electron chi connectivity index (χ1n) is 7.65. The maximum absolute atomic E-state index is 12.7. The zero-order valence-corrected chi connectivity index (χ0v) is 13.0. The van der Waals surface area contributed by atoms with Crippen molar-refractivity contribution in [3.05, 3.63) is 18.2 Å². The number of imidazole rings is 1. The van der Waals surface area contributed by atoms with E-state index in [-0.39, 0.29) is 18.1 Å². The van der Waals surface area contributed by atoms with Crippen LogP contribution >= 0.6 is 0 Å². The third-order valence-electron chi connectivity index (χ3n) is 4.75. The molecule has 0 bridgehead atoms. The van der Waals surface area contributed by atoms with Crippen molar-refractivity contribution >= 4 is 5.91 Å². The first-order valence-corrected chi connectivity index (χ1v) is 7.65. The van der Waals surface area contributed by atoms with Gasteiger partial charge in [-0.15, -0.1) is 0 Å². The van der Waals surface area contributed by atoms with Crippen LogP contribution in [0.2, 0.25) is 0 Å². The molecule has 0 unspecified atom stereocenters. The molecule has 2 saturated heterocycles. The molecule has 0 spiro atoms. The molecule has 3 rings (SSSR count). The molecule has 6 heteroatoms. The van der Waals surface area contributed by atoms with Crippen molar-refractivity contribution in [1.29, 1.82) is 0 Å². The summed E-state index contributed by atoms with van der Waals surface area (Å²) in [5.74, 6) is 1.48. The van der Waals surface area contributed by atoms with Crippen molar-refractivity contribution < 1.29 is 9.53 Å². The lowest BCUT2D eigenvalue weighted by Crippen LogP contribution is -2.52. The zero-order valence-electron chi connectivity index (χ0n) is 13.0. The smallest absolute Gasteiger partial charge is 0.252 e. The summed E-state index contributed by atoms with van der Waals surface area (Å²) in [6.45, 7) is 5.12. The average molecular weight is 292 g/mol. The number of nitrogens with zero attached hydrogens (tertiary/aromatic N) is 4. The highest BCUT2D eigenvalue weighted by Crippen LogP contribution is 2.26. The van der Waals surface area contributed by atoms with Crippen LogP contribution in [0.3, 0.4) is 0 Å². The van der Waals surface area contributed by atoms with Gasteiger partial charge in [0.1, 0.15) is 11.9 Å². The fourth-order valence-corrected chi connectivity index (χ4v) is 3.24. The quantitative estimate of drug-likeness (QED) is 0.803. The Hall–Kier alpha value is -1.40. The van der Waals surface area contributed by atoms with Gasteiger partial charge in [0.25, 0.3) is 5.91 Å². The number of amides is 1. The number of carbonyl (C=O) groups excluding carboxylic acids is 1. The van der Waals surface area contributed by atoms with Crippen molar-refractivity contribution in [2.75, 3.05) is 33.3 Å². The summed E-state index contributed by atoms with van der Waals surface area (Å²) in [6.07, 6.45) is 4.49. The highest BCUT2D eigenvalue weighted by atomic mass is 16.5. The Morgan fingerprint density at radius 3 is 2.81 bits per heavy atom. The number of carbonyl (C=O) groups is 1. The molecule has 3 heterocycles. The molecule has 2 aliphatic heterocycles. The molecule has 0 aliphatic carbocycles. The molecular formula is C15H24N4O2. The summed E-state index contributed by atoms with van der Waals surface area (Å²) in [5, 5.41) is 0. The summed E-state index contributed by atoms with van der Waals surface area (Å²) in [5.41, 5.74) is 0. The van der Waals surface area contributed by atoms with Gasteiger partial charge in [-0.1, -0.05) is 6.92 Å². The van der Waals surface area contributed by atoms with Crippen molar-refractivity contribution in [3.8, 4) is 0 Å². The van der Waals surface area contributed by atoms with Crippen molar-refractivity contribution in [2.45, 2.75) is 25.5 Å². The highest BCUT2D eigenvalue weighted by Gasteiger charge is 2.37. The second-order valence-corrected chi connectivity index (χ2v) is 6.23. The van der Waals surface area contributed by atoms with Gasteiger partial charge >= 0.3 is 0 Å². The average Bonchev–Trinajstić information content (AvgIpc) is 3.07. The largest absolute Gasteiger partial charge is 0.368 e.